The zero-order valence-corrected chi connectivity index (χ0v) is 20.4. The van der Waals surface area contributed by atoms with E-state index in [0.717, 1.165) is 0 Å². The Morgan fingerprint density at radius 2 is 1.27 bits per heavy atom. The van der Waals surface area contributed by atoms with Gasteiger partial charge in [0.2, 0.25) is 0 Å². The van der Waals surface area contributed by atoms with Gasteiger partial charge in [0.1, 0.15) is 24.5 Å². The third-order valence-corrected chi connectivity index (χ3v) is 3.17. The summed E-state index contributed by atoms with van der Waals surface area (Å²) >= 11 is 0. The first kappa shape index (κ1) is 30.4. The van der Waals surface area contributed by atoms with Gasteiger partial charge < -0.3 is 29.6 Å². The van der Waals surface area contributed by atoms with Gasteiger partial charge >= 0.3 is 0 Å². The summed E-state index contributed by atoms with van der Waals surface area (Å²) in [5.41, 5.74) is -1.09. The molecule has 0 aromatic carbocycles. The molecule has 0 aliphatic heterocycles. The van der Waals surface area contributed by atoms with Crippen molar-refractivity contribution in [1.82, 2.24) is 0 Å². The maximum Gasteiger partial charge on any atom is 0.146 e. The predicted molar refractivity (Wildman–Crippen MR) is 116 cm³/mol. The largest absolute Gasteiger partial charge is 0.595 e. The van der Waals surface area contributed by atoms with E-state index in [9.17, 15) is 15.0 Å². The van der Waals surface area contributed by atoms with Gasteiger partial charge in [-0.05, 0) is 24.7 Å². The van der Waals surface area contributed by atoms with Gasteiger partial charge in [-0.25, -0.2) is 0 Å². The average Bonchev–Trinajstić information content (AvgIpc) is 2.49. The molecule has 0 radical (unpaired) electrons. The summed E-state index contributed by atoms with van der Waals surface area (Å²) in [6.07, 6.45) is 0.685. The lowest BCUT2D eigenvalue weighted by atomic mass is 10.1. The molecule has 0 aromatic heterocycles. The van der Waals surface area contributed by atoms with Crippen LogP contribution in [-0.2, 0) is 14.3 Å². The van der Waals surface area contributed by atoms with E-state index < -0.39 is 29.4 Å². The van der Waals surface area contributed by atoms with Crippen LogP contribution in [0.1, 0.15) is 82.1 Å². The third kappa shape index (κ3) is 20.9. The van der Waals surface area contributed by atoms with Gasteiger partial charge in [0, 0.05) is 11.2 Å². The lowest BCUT2D eigenvalue weighted by Gasteiger charge is -2.30. The van der Waals surface area contributed by atoms with Crippen molar-refractivity contribution in [3.05, 3.63) is 0 Å². The van der Waals surface area contributed by atoms with Gasteiger partial charge in [0.25, 0.3) is 0 Å². The molecule has 8 heteroatoms. The fourth-order valence-corrected chi connectivity index (χ4v) is 2.19. The van der Waals surface area contributed by atoms with Crippen molar-refractivity contribution in [2.45, 2.75) is 105 Å². The van der Waals surface area contributed by atoms with Gasteiger partial charge in [-0.15, -0.1) is 0 Å². The molecule has 8 nitrogen and oxygen atoms in total. The van der Waals surface area contributed by atoms with Crippen molar-refractivity contribution in [2.24, 2.45) is 21.8 Å². The highest BCUT2D eigenvalue weighted by Crippen LogP contribution is 2.11. The number of hydrogen-bond donors (Lipinski definition) is 1. The van der Waals surface area contributed by atoms with Crippen LogP contribution in [0.4, 0.5) is 0 Å². The second-order valence-electron chi connectivity index (χ2n) is 10.0. The van der Waals surface area contributed by atoms with E-state index in [1.807, 2.05) is 27.7 Å². The van der Waals surface area contributed by atoms with E-state index in [-0.39, 0.29) is 12.6 Å². The number of hydrogen-bond acceptors (Lipinski definition) is 8. The van der Waals surface area contributed by atoms with Crippen LogP contribution in [0.2, 0.25) is 0 Å². The van der Waals surface area contributed by atoms with E-state index in [0.29, 0.717) is 31.0 Å². The van der Waals surface area contributed by atoms with Crippen LogP contribution in [0.3, 0.4) is 0 Å². The van der Waals surface area contributed by atoms with E-state index >= 15 is 0 Å². The number of aliphatic hydroxyl groups excluding tert-OH is 1. The Hall–Kier alpha value is -1.83. The molecule has 30 heavy (non-hydrogen) atoms. The van der Waals surface area contributed by atoms with Gasteiger partial charge in [0.05, 0.1) is 12.6 Å². The number of carbonyl (C=O) groups excluding carboxylic acids is 1. The molecule has 0 saturated carbocycles. The van der Waals surface area contributed by atoms with E-state index in [2.05, 4.69) is 9.98 Å². The smallest absolute Gasteiger partial charge is 0.146 e. The Bertz CT molecular complexity index is 531. The number of rotatable bonds is 8. The van der Waals surface area contributed by atoms with Crippen molar-refractivity contribution < 1.29 is 29.6 Å². The van der Waals surface area contributed by atoms with Crippen LogP contribution in [0.15, 0.2) is 9.98 Å². The molecule has 178 valence electrons. The molecule has 0 heterocycles. The van der Waals surface area contributed by atoms with E-state index in [1.54, 1.807) is 41.5 Å². The minimum Gasteiger partial charge on any atom is -0.595 e. The minimum absolute atomic E-state index is 0.114. The molecule has 0 fully saturated rings. The molecule has 1 N–H and O–H groups in total. The molecule has 2 atom stereocenters. The Morgan fingerprint density at radius 3 is 1.57 bits per heavy atom. The first-order valence-electron chi connectivity index (χ1n) is 10.4. The van der Waals surface area contributed by atoms with Crippen molar-refractivity contribution in [3.8, 4) is 0 Å². The summed E-state index contributed by atoms with van der Waals surface area (Å²) in [6.45, 7) is 18.5. The summed E-state index contributed by atoms with van der Waals surface area (Å²) < 4.78 is 10.0. The molecule has 0 spiro atoms. The van der Waals surface area contributed by atoms with Crippen LogP contribution < -0.4 is 10.2 Å². The van der Waals surface area contributed by atoms with Crippen molar-refractivity contribution >= 4 is 18.5 Å². The monoisotopic (exact) mass is 430 g/mol. The Kier molecular flexibility index (Phi) is 14.4. The average molecular weight is 431 g/mol. The van der Waals surface area contributed by atoms with E-state index in [1.165, 1.54) is 0 Å². The Labute approximate surface area is 182 Å². The first-order chi connectivity index (χ1) is 13.5. The summed E-state index contributed by atoms with van der Waals surface area (Å²) in [7, 11) is 0. The SMILES string of the molecule is CC(C)C[C@@H](C=O)N=C([O-])OC(C)(C)C.CC(C)C[C@@H](CO)N=C([O-])OC(C)(C)C. The number of carbonyl (C=O) groups is 1. The summed E-state index contributed by atoms with van der Waals surface area (Å²) in [6, 6.07) is -0.931. The highest BCUT2D eigenvalue weighted by Gasteiger charge is 2.11. The Balaban J connectivity index is 0. The van der Waals surface area contributed by atoms with Gasteiger partial charge in [0.15, 0.2) is 0 Å². The van der Waals surface area contributed by atoms with Gasteiger partial charge in [-0.1, -0.05) is 69.2 Å². The highest BCUT2D eigenvalue weighted by atomic mass is 16.6. The van der Waals surface area contributed by atoms with Crippen LogP contribution >= 0.6 is 0 Å². The molecule has 0 saturated heterocycles. The second kappa shape index (κ2) is 14.2. The van der Waals surface area contributed by atoms with Gasteiger partial charge in [-0.3, -0.25) is 9.98 Å². The molecule has 0 unspecified atom stereocenters. The normalized spacial score (nSPS) is 15.4. The fraction of sp³-hybridized carbons (Fsp3) is 0.864. The predicted octanol–water partition coefficient (Wildman–Crippen LogP) is 2.06. The fourth-order valence-electron chi connectivity index (χ4n) is 2.19. The molecule has 0 bridgehead atoms. The van der Waals surface area contributed by atoms with Crippen molar-refractivity contribution in [2.75, 3.05) is 6.61 Å². The molecular formula is C22H42N2O6-2. The summed E-state index contributed by atoms with van der Waals surface area (Å²) in [5.74, 6) is 0.722. The second-order valence-corrected chi connectivity index (χ2v) is 10.0. The van der Waals surface area contributed by atoms with E-state index in [4.69, 9.17) is 14.6 Å². The van der Waals surface area contributed by atoms with Crippen molar-refractivity contribution in [3.63, 3.8) is 0 Å². The number of aldehydes is 1. The standard InChI is InChI=1S/C11H23NO3.C11H21NO3/c2*1-8(2)6-9(7-13)12-10(14)15-11(3,4)5/h8-9,13H,6-7H2,1-5H3,(H,12,14);7-9H,6H2,1-5H3,(H,12,14)/p-2/t2*9-/m00/s1. The molecular weight excluding hydrogens is 388 g/mol. The molecule has 0 amide bonds. The maximum atomic E-state index is 11.3. The maximum absolute atomic E-state index is 11.3. The number of ether oxygens (including phenoxy) is 2. The van der Waals surface area contributed by atoms with Crippen LogP contribution in [0, 0.1) is 11.8 Å². The Morgan fingerprint density at radius 1 is 0.867 bits per heavy atom. The lowest BCUT2D eigenvalue weighted by Crippen LogP contribution is -2.33. The number of aliphatic hydroxyl groups is 1. The van der Waals surface area contributed by atoms with Crippen LogP contribution in [0.25, 0.3) is 0 Å². The number of aliphatic imine (C=N–C) groups is 2. The molecule has 0 aromatic rings. The first-order valence-corrected chi connectivity index (χ1v) is 10.4. The third-order valence-electron chi connectivity index (χ3n) is 3.17. The quantitative estimate of drug-likeness (QED) is 0.357. The lowest BCUT2D eigenvalue weighted by molar-refractivity contribution is -0.262. The highest BCUT2D eigenvalue weighted by molar-refractivity contribution is 5.68. The van der Waals surface area contributed by atoms with Crippen LogP contribution in [0.5, 0.6) is 0 Å². The molecule has 0 rings (SSSR count). The summed E-state index contributed by atoms with van der Waals surface area (Å²) in [5, 5.41) is 31.6. The van der Waals surface area contributed by atoms with Gasteiger partial charge in [-0.2, -0.15) is 0 Å². The number of nitrogens with zero attached hydrogens (tertiary/aromatic N) is 2. The van der Waals surface area contributed by atoms with Crippen molar-refractivity contribution in [1.29, 1.82) is 0 Å². The zero-order valence-electron chi connectivity index (χ0n) is 20.4. The molecule has 0 aliphatic carbocycles. The molecule has 0 aliphatic rings. The zero-order chi connectivity index (χ0) is 24.1. The topological polar surface area (TPSA) is 127 Å². The minimum atomic E-state index is -0.666. The summed E-state index contributed by atoms with van der Waals surface area (Å²) in [4.78, 5) is 18.1. The van der Waals surface area contributed by atoms with Crippen LogP contribution in [-0.4, -0.2) is 53.5 Å².